The van der Waals surface area contributed by atoms with Crippen LogP contribution < -0.4 is 10.1 Å². The monoisotopic (exact) mass is 364 g/mol. The second-order valence-electron chi connectivity index (χ2n) is 5.89. The fourth-order valence-electron chi connectivity index (χ4n) is 3.40. The van der Waals surface area contributed by atoms with E-state index in [-0.39, 0.29) is 11.8 Å². The second-order valence-corrected chi connectivity index (χ2v) is 6.68. The van der Waals surface area contributed by atoms with Crippen LogP contribution in [-0.2, 0) is 4.79 Å². The van der Waals surface area contributed by atoms with E-state index in [1.807, 2.05) is 36.9 Å². The third kappa shape index (κ3) is 3.03. The molecule has 3 rings (SSSR count). The van der Waals surface area contributed by atoms with Crippen molar-refractivity contribution in [2.24, 2.45) is 0 Å². The van der Waals surface area contributed by atoms with Gasteiger partial charge in [0.1, 0.15) is 5.75 Å². The van der Waals surface area contributed by atoms with Crippen LogP contribution in [0.1, 0.15) is 44.7 Å². The first-order valence-electron chi connectivity index (χ1n) is 8.33. The predicted molar refractivity (Wildman–Crippen MR) is 99.4 cm³/mol. The highest BCUT2D eigenvalue weighted by Gasteiger charge is 2.36. The van der Waals surface area contributed by atoms with E-state index < -0.39 is 0 Å². The lowest BCUT2D eigenvalue weighted by Gasteiger charge is -2.40. The topological polar surface area (TPSA) is 41.6 Å². The first-order valence-corrected chi connectivity index (χ1v) is 9.12. The zero-order valence-corrected chi connectivity index (χ0v) is 15.5. The van der Waals surface area contributed by atoms with E-state index in [1.165, 1.54) is 0 Å². The molecule has 1 N–H and O–H groups in total. The number of hydrogen-bond acceptors (Lipinski definition) is 3. The quantitative estimate of drug-likeness (QED) is 0.818. The Bertz CT molecular complexity index is 717. The summed E-state index contributed by atoms with van der Waals surface area (Å²) in [5.41, 5.74) is 2.83. The number of carbonyl (C=O) groups is 1. The largest absolute Gasteiger partial charge is 0.492 e. The van der Waals surface area contributed by atoms with Gasteiger partial charge in [0.2, 0.25) is 0 Å². The van der Waals surface area contributed by atoms with Crippen molar-refractivity contribution >= 4 is 34.7 Å². The molecule has 128 valence electrons. The molecule has 0 spiro atoms. The van der Waals surface area contributed by atoms with Gasteiger partial charge in [-0.1, -0.05) is 17.7 Å². The summed E-state index contributed by atoms with van der Waals surface area (Å²) in [4.78, 5) is 14.6. The summed E-state index contributed by atoms with van der Waals surface area (Å²) in [6.07, 6.45) is 2.36. The number of nitrogens with one attached hydrogen (secondary N) is 1. The summed E-state index contributed by atoms with van der Waals surface area (Å²) >= 11 is 11.9. The van der Waals surface area contributed by atoms with E-state index in [9.17, 15) is 4.79 Å². The molecule has 1 aromatic carbocycles. The highest BCUT2D eigenvalue weighted by molar-refractivity contribution is 7.80. The van der Waals surface area contributed by atoms with Crippen molar-refractivity contribution in [1.82, 2.24) is 10.2 Å². The summed E-state index contributed by atoms with van der Waals surface area (Å²) in [6, 6.07) is 5.42. The first kappa shape index (κ1) is 17.2. The van der Waals surface area contributed by atoms with Gasteiger partial charge in [-0.25, -0.2) is 0 Å². The molecule has 1 aliphatic carbocycles. The van der Waals surface area contributed by atoms with Crippen molar-refractivity contribution in [3.63, 3.8) is 0 Å². The van der Waals surface area contributed by atoms with Crippen molar-refractivity contribution in [3.05, 3.63) is 40.1 Å². The maximum absolute atomic E-state index is 12.6. The molecule has 0 amide bonds. The Hall–Kier alpha value is -1.59. The minimum Gasteiger partial charge on any atom is -0.492 e. The van der Waals surface area contributed by atoms with Crippen LogP contribution in [0.4, 0.5) is 0 Å². The summed E-state index contributed by atoms with van der Waals surface area (Å²) < 4.78 is 5.50. The van der Waals surface area contributed by atoms with Gasteiger partial charge in [-0.05, 0) is 56.6 Å². The van der Waals surface area contributed by atoms with Gasteiger partial charge < -0.3 is 15.0 Å². The van der Waals surface area contributed by atoms with Crippen LogP contribution in [0, 0.1) is 0 Å². The molecule has 0 aromatic heterocycles. The van der Waals surface area contributed by atoms with Gasteiger partial charge in [0.15, 0.2) is 10.9 Å². The number of hydrogen-bond donors (Lipinski definition) is 1. The van der Waals surface area contributed by atoms with E-state index in [0.717, 1.165) is 36.2 Å². The van der Waals surface area contributed by atoms with Gasteiger partial charge in [0, 0.05) is 24.2 Å². The van der Waals surface area contributed by atoms with Crippen molar-refractivity contribution in [2.45, 2.75) is 39.2 Å². The zero-order chi connectivity index (χ0) is 17.3. The lowest BCUT2D eigenvalue weighted by molar-refractivity contribution is -0.116. The summed E-state index contributed by atoms with van der Waals surface area (Å²) in [7, 11) is 0. The van der Waals surface area contributed by atoms with Gasteiger partial charge in [-0.2, -0.15) is 0 Å². The number of nitrogens with zero attached hydrogens (tertiary/aromatic N) is 1. The lowest BCUT2D eigenvalue weighted by atomic mass is 9.85. The smallest absolute Gasteiger partial charge is 0.173 e. The van der Waals surface area contributed by atoms with Gasteiger partial charge in [0.05, 0.1) is 17.7 Å². The average Bonchev–Trinajstić information content (AvgIpc) is 2.56. The Labute approximate surface area is 152 Å². The van der Waals surface area contributed by atoms with E-state index in [4.69, 9.17) is 28.6 Å². The Morgan fingerprint density at radius 2 is 2.17 bits per heavy atom. The van der Waals surface area contributed by atoms with Crippen molar-refractivity contribution < 1.29 is 9.53 Å². The SMILES string of the molecule is CCOc1ccc(C2NC(=S)N(CC)C3=C2C(=O)CCC3)cc1Cl. The Balaban J connectivity index is 2.05. The third-order valence-electron chi connectivity index (χ3n) is 4.46. The molecule has 0 bridgehead atoms. The maximum Gasteiger partial charge on any atom is 0.173 e. The van der Waals surface area contributed by atoms with Gasteiger partial charge in [0.25, 0.3) is 0 Å². The van der Waals surface area contributed by atoms with Crippen molar-refractivity contribution in [2.75, 3.05) is 13.2 Å². The van der Waals surface area contributed by atoms with Crippen LogP contribution in [0.25, 0.3) is 0 Å². The molecule has 0 saturated heterocycles. The molecule has 6 heteroatoms. The first-order chi connectivity index (χ1) is 11.6. The molecule has 1 heterocycles. The van der Waals surface area contributed by atoms with Gasteiger partial charge in [-0.15, -0.1) is 0 Å². The highest BCUT2D eigenvalue weighted by atomic mass is 35.5. The molecule has 1 unspecified atom stereocenters. The van der Waals surface area contributed by atoms with E-state index in [2.05, 4.69) is 5.32 Å². The van der Waals surface area contributed by atoms with Crippen LogP contribution in [-0.4, -0.2) is 28.9 Å². The number of carbonyl (C=O) groups excluding carboxylic acids is 1. The zero-order valence-electron chi connectivity index (χ0n) is 13.9. The number of ketones is 1. The van der Waals surface area contributed by atoms with Gasteiger partial charge >= 0.3 is 0 Å². The third-order valence-corrected chi connectivity index (χ3v) is 5.10. The molecule has 1 aromatic rings. The minimum absolute atomic E-state index is 0.194. The second kappa shape index (κ2) is 7.11. The molecule has 4 nitrogen and oxygen atoms in total. The minimum atomic E-state index is -0.240. The van der Waals surface area contributed by atoms with E-state index in [1.54, 1.807) is 0 Å². The molecule has 0 radical (unpaired) electrons. The van der Waals surface area contributed by atoms with Crippen molar-refractivity contribution in [3.8, 4) is 5.75 Å². The van der Waals surface area contributed by atoms with Crippen molar-refractivity contribution in [1.29, 1.82) is 0 Å². The van der Waals surface area contributed by atoms with Crippen LogP contribution in [0.5, 0.6) is 5.75 Å². The number of benzene rings is 1. The predicted octanol–water partition coefficient (Wildman–Crippen LogP) is 4.00. The number of thiocarbonyl (C=S) groups is 1. The number of rotatable bonds is 4. The van der Waals surface area contributed by atoms with E-state index >= 15 is 0 Å². The summed E-state index contributed by atoms with van der Waals surface area (Å²) in [5.74, 6) is 0.848. The van der Waals surface area contributed by atoms with E-state index in [0.29, 0.717) is 28.9 Å². The number of ether oxygens (including phenoxy) is 1. The standard InChI is InChI=1S/C18H21ClN2O2S/c1-3-21-13-6-5-7-14(22)16(13)17(20-18(21)24)11-8-9-15(23-4-2)12(19)10-11/h8-10,17H,3-7H2,1-2H3,(H,20,24). The molecule has 0 fully saturated rings. The normalized spacial score (nSPS) is 20.8. The van der Waals surface area contributed by atoms with Crippen LogP contribution in [0.2, 0.25) is 5.02 Å². The molecule has 0 saturated carbocycles. The summed E-state index contributed by atoms with van der Waals surface area (Å²) in [5, 5.41) is 4.54. The Kier molecular flexibility index (Phi) is 5.11. The Morgan fingerprint density at radius 3 is 2.83 bits per heavy atom. The van der Waals surface area contributed by atoms with Crippen LogP contribution in [0.3, 0.4) is 0 Å². The Morgan fingerprint density at radius 1 is 1.38 bits per heavy atom. The molecule has 1 aliphatic heterocycles. The lowest BCUT2D eigenvalue weighted by Crippen LogP contribution is -2.49. The highest BCUT2D eigenvalue weighted by Crippen LogP contribution is 2.38. The molecule has 2 aliphatic rings. The number of halogens is 1. The number of Topliss-reactive ketones (excluding diaryl/α,β-unsaturated/α-hetero) is 1. The average molecular weight is 365 g/mol. The van der Waals surface area contributed by atoms with Gasteiger partial charge in [-0.3, -0.25) is 4.79 Å². The van der Waals surface area contributed by atoms with Crippen LogP contribution in [0.15, 0.2) is 29.5 Å². The fourth-order valence-corrected chi connectivity index (χ4v) is 4.01. The number of allylic oxidation sites excluding steroid dienone is 1. The fraction of sp³-hybridized carbons (Fsp3) is 0.444. The van der Waals surface area contributed by atoms with Crippen LogP contribution >= 0.6 is 23.8 Å². The molecular formula is C18H21ClN2O2S. The molecule has 1 atom stereocenters. The molecular weight excluding hydrogens is 344 g/mol. The maximum atomic E-state index is 12.6. The molecule has 24 heavy (non-hydrogen) atoms. The summed E-state index contributed by atoms with van der Waals surface area (Å²) in [6.45, 7) is 5.28.